The summed E-state index contributed by atoms with van der Waals surface area (Å²) in [5, 5.41) is 16.3. The van der Waals surface area contributed by atoms with Crippen molar-refractivity contribution >= 4 is 10.2 Å². The number of allylic oxidation sites excluding steroid dienone is 2. The molecule has 0 fully saturated rings. The van der Waals surface area contributed by atoms with Crippen molar-refractivity contribution in [3.05, 3.63) is 11.6 Å². The third-order valence-corrected chi connectivity index (χ3v) is 1.06. The first-order chi connectivity index (χ1) is 3.85. The van der Waals surface area contributed by atoms with Crippen LogP contribution in [-0.4, -0.2) is 10.2 Å². The van der Waals surface area contributed by atoms with Gasteiger partial charge in [0.05, 0.1) is 0 Å². The summed E-state index contributed by atoms with van der Waals surface area (Å²) < 4.78 is 0. The normalized spacial score (nSPS) is 6.75. The molecule has 0 heterocycles. The van der Waals surface area contributed by atoms with Crippen LogP contribution in [0.4, 0.5) is 0 Å². The van der Waals surface area contributed by atoms with Gasteiger partial charge in [-0.15, -0.1) is 0 Å². The Bertz CT molecular complexity index is 154. The van der Waals surface area contributed by atoms with Crippen molar-refractivity contribution in [3.8, 4) is 12.1 Å². The molecule has 0 N–H and O–H groups in total. The van der Waals surface area contributed by atoms with Crippen molar-refractivity contribution in [2.45, 2.75) is 6.04 Å². The molecule has 0 saturated heterocycles. The summed E-state index contributed by atoms with van der Waals surface area (Å²) >= 11 is 0. The smallest absolute Gasteiger partial charge is 0.125 e. The van der Waals surface area contributed by atoms with Gasteiger partial charge in [0.1, 0.15) is 17.7 Å². The zero-order valence-electron chi connectivity index (χ0n) is 4.68. The average Bonchev–Trinajstić information content (AvgIpc) is 1.83. The van der Waals surface area contributed by atoms with Gasteiger partial charge in [0, 0.05) is 10.2 Å². The van der Waals surface area contributed by atoms with Crippen LogP contribution >= 0.6 is 0 Å². The van der Waals surface area contributed by atoms with E-state index < -0.39 is 0 Å². The molecule has 0 atom stereocenters. The topological polar surface area (TPSA) is 47.6 Å². The fourth-order valence-electron chi connectivity index (χ4n) is 0.320. The van der Waals surface area contributed by atoms with Crippen LogP contribution < -0.4 is 0 Å². The van der Waals surface area contributed by atoms with Crippen LogP contribution in [-0.2, 0) is 0 Å². The maximum absolute atomic E-state index is 8.13. The predicted octanol–water partition coefficient (Wildman–Crippen LogP) is -0.256. The van der Waals surface area contributed by atoms with Gasteiger partial charge in [-0.05, 0) is 6.04 Å². The van der Waals surface area contributed by atoms with Crippen molar-refractivity contribution in [3.63, 3.8) is 0 Å². The molecular weight excluding hydrogens is 116 g/mol. The lowest BCUT2D eigenvalue weighted by Crippen LogP contribution is -1.69. The number of nitriles is 2. The fourth-order valence-corrected chi connectivity index (χ4v) is 0.729. The van der Waals surface area contributed by atoms with Gasteiger partial charge in [0.15, 0.2) is 0 Å². The fraction of sp³-hybridized carbons (Fsp3) is 0.200. The minimum Gasteiger partial charge on any atom is -0.192 e. The van der Waals surface area contributed by atoms with Crippen LogP contribution in [0.3, 0.4) is 0 Å². The molecule has 8 heavy (non-hydrogen) atoms. The molecule has 0 aromatic heterocycles. The molecule has 0 radical (unpaired) electrons. The Labute approximate surface area is 51.5 Å². The first-order valence-corrected chi connectivity index (χ1v) is 3.77. The van der Waals surface area contributed by atoms with E-state index in [9.17, 15) is 0 Å². The molecule has 3 heteroatoms. The average molecular weight is 122 g/mol. The Balaban J connectivity index is 3.99. The van der Waals surface area contributed by atoms with Gasteiger partial charge in [-0.1, -0.05) is 6.08 Å². The van der Waals surface area contributed by atoms with Gasteiger partial charge in [-0.2, -0.15) is 10.5 Å². The summed E-state index contributed by atoms with van der Waals surface area (Å²) in [5.74, 6) is 0. The largest absolute Gasteiger partial charge is 0.192 e. The molecular formula is C5H6N2Si. The van der Waals surface area contributed by atoms with Crippen molar-refractivity contribution in [2.24, 2.45) is 0 Å². The molecule has 0 rings (SSSR count). The molecule has 0 aromatic carbocycles. The second kappa shape index (κ2) is 4.11. The van der Waals surface area contributed by atoms with Crippen LogP contribution in [0.1, 0.15) is 0 Å². The van der Waals surface area contributed by atoms with Crippen LogP contribution in [0, 0.1) is 22.7 Å². The highest BCUT2D eigenvalue weighted by atomic mass is 28.1. The standard InChI is InChI=1S/C5H6N2Si/c6-3-5(4-7)1-2-8/h1H,2H2,8H3. The Morgan fingerprint density at radius 1 is 1.50 bits per heavy atom. The van der Waals surface area contributed by atoms with Crippen LogP contribution in [0.15, 0.2) is 11.6 Å². The molecule has 0 bridgehead atoms. The van der Waals surface area contributed by atoms with Crippen molar-refractivity contribution in [1.29, 1.82) is 10.5 Å². The molecule has 0 spiro atoms. The Morgan fingerprint density at radius 2 is 2.00 bits per heavy atom. The van der Waals surface area contributed by atoms with E-state index in [1.165, 1.54) is 0 Å². The van der Waals surface area contributed by atoms with Crippen molar-refractivity contribution in [2.75, 3.05) is 0 Å². The third kappa shape index (κ3) is 2.17. The molecule has 40 valence electrons. The summed E-state index contributed by atoms with van der Waals surface area (Å²) in [6.07, 6.45) is 1.66. The minimum atomic E-state index is 0.236. The molecule has 2 nitrogen and oxygen atoms in total. The zero-order valence-corrected chi connectivity index (χ0v) is 6.68. The van der Waals surface area contributed by atoms with E-state index in [0.717, 1.165) is 16.3 Å². The molecule has 0 aliphatic heterocycles. The quantitative estimate of drug-likeness (QED) is 0.355. The van der Waals surface area contributed by atoms with Gasteiger partial charge in [-0.25, -0.2) is 0 Å². The van der Waals surface area contributed by atoms with E-state index in [0.29, 0.717) is 0 Å². The summed E-state index contributed by atoms with van der Waals surface area (Å²) in [4.78, 5) is 0. The summed E-state index contributed by atoms with van der Waals surface area (Å²) in [5.41, 5.74) is 0.236. The summed E-state index contributed by atoms with van der Waals surface area (Å²) in [6.45, 7) is 0. The molecule has 0 saturated carbocycles. The lowest BCUT2D eigenvalue weighted by molar-refractivity contribution is 1.45. The van der Waals surface area contributed by atoms with Crippen LogP contribution in [0.25, 0.3) is 0 Å². The Kier molecular flexibility index (Phi) is 3.56. The Morgan fingerprint density at radius 3 is 2.12 bits per heavy atom. The van der Waals surface area contributed by atoms with Crippen LogP contribution in [0.2, 0.25) is 6.04 Å². The molecule has 0 aromatic rings. The van der Waals surface area contributed by atoms with E-state index >= 15 is 0 Å². The highest BCUT2D eigenvalue weighted by molar-refractivity contribution is 6.09. The lowest BCUT2D eigenvalue weighted by Gasteiger charge is -1.74. The van der Waals surface area contributed by atoms with E-state index in [-0.39, 0.29) is 5.57 Å². The Hall–Kier alpha value is -1.06. The molecule has 0 aliphatic carbocycles. The van der Waals surface area contributed by atoms with E-state index in [2.05, 4.69) is 0 Å². The van der Waals surface area contributed by atoms with Gasteiger partial charge in [-0.3, -0.25) is 0 Å². The second-order valence-corrected chi connectivity index (χ2v) is 2.07. The van der Waals surface area contributed by atoms with Gasteiger partial charge < -0.3 is 0 Å². The van der Waals surface area contributed by atoms with Gasteiger partial charge in [0.2, 0.25) is 0 Å². The molecule has 0 aliphatic rings. The van der Waals surface area contributed by atoms with Crippen LogP contribution in [0.5, 0.6) is 0 Å². The van der Waals surface area contributed by atoms with Crippen molar-refractivity contribution < 1.29 is 0 Å². The van der Waals surface area contributed by atoms with E-state index in [1.807, 2.05) is 0 Å². The van der Waals surface area contributed by atoms with Gasteiger partial charge in [0.25, 0.3) is 0 Å². The summed E-state index contributed by atoms with van der Waals surface area (Å²) in [7, 11) is 1.02. The molecule has 0 amide bonds. The van der Waals surface area contributed by atoms with Gasteiger partial charge >= 0.3 is 0 Å². The maximum atomic E-state index is 8.13. The number of nitrogens with zero attached hydrogens (tertiary/aromatic N) is 2. The SMILES string of the molecule is N#CC(C#N)=CC[SiH3]. The second-order valence-electron chi connectivity index (χ2n) is 1.25. The maximum Gasteiger partial charge on any atom is 0.125 e. The minimum absolute atomic E-state index is 0.236. The number of hydrogen-bond donors (Lipinski definition) is 0. The number of rotatable bonds is 1. The predicted molar refractivity (Wildman–Crippen MR) is 34.1 cm³/mol. The van der Waals surface area contributed by atoms with E-state index in [1.54, 1.807) is 18.2 Å². The lowest BCUT2D eigenvalue weighted by atomic mass is 10.3. The molecule has 0 unspecified atom stereocenters. The monoisotopic (exact) mass is 122 g/mol. The summed E-state index contributed by atoms with van der Waals surface area (Å²) in [6, 6.07) is 4.44. The first-order valence-electron chi connectivity index (χ1n) is 2.35. The zero-order chi connectivity index (χ0) is 6.41. The van der Waals surface area contributed by atoms with Crippen molar-refractivity contribution in [1.82, 2.24) is 0 Å². The first kappa shape index (κ1) is 6.94. The number of hydrogen-bond acceptors (Lipinski definition) is 2. The highest BCUT2D eigenvalue weighted by Gasteiger charge is 1.84. The van der Waals surface area contributed by atoms with E-state index in [4.69, 9.17) is 10.5 Å². The highest BCUT2D eigenvalue weighted by Crippen LogP contribution is 1.88. The third-order valence-electron chi connectivity index (χ3n) is 0.649.